The van der Waals surface area contributed by atoms with Crippen LogP contribution in [-0.2, 0) is 13.0 Å². The quantitative estimate of drug-likeness (QED) is 0.830. The van der Waals surface area contributed by atoms with Crippen molar-refractivity contribution in [3.63, 3.8) is 0 Å². The van der Waals surface area contributed by atoms with Gasteiger partial charge in [-0.05, 0) is 18.9 Å². The van der Waals surface area contributed by atoms with Crippen molar-refractivity contribution in [2.45, 2.75) is 53.6 Å². The molecule has 1 N–H and O–H groups in total. The van der Waals surface area contributed by atoms with Crippen LogP contribution in [0.2, 0.25) is 0 Å². The Hall–Kier alpha value is -0.960. The predicted octanol–water partition coefficient (Wildman–Crippen LogP) is 2.48. The van der Waals surface area contributed by atoms with Crippen LogP contribution >= 0.6 is 0 Å². The van der Waals surface area contributed by atoms with E-state index in [1.165, 1.54) is 0 Å². The minimum absolute atomic E-state index is 0.490. The second kappa shape index (κ2) is 5.94. The van der Waals surface area contributed by atoms with Gasteiger partial charge < -0.3 is 5.32 Å². The fourth-order valence-electron chi connectivity index (χ4n) is 1.56. The van der Waals surface area contributed by atoms with Gasteiger partial charge in [-0.15, -0.1) is 0 Å². The van der Waals surface area contributed by atoms with Gasteiger partial charge in [0.2, 0.25) is 0 Å². The molecule has 16 heavy (non-hydrogen) atoms. The van der Waals surface area contributed by atoms with E-state index in [0.717, 1.165) is 30.2 Å². The summed E-state index contributed by atoms with van der Waals surface area (Å²) < 4.78 is 0. The van der Waals surface area contributed by atoms with E-state index in [9.17, 15) is 0 Å². The number of hydrogen-bond donors (Lipinski definition) is 1. The van der Waals surface area contributed by atoms with E-state index in [0.29, 0.717) is 12.0 Å². The number of nitrogens with zero attached hydrogens (tertiary/aromatic N) is 2. The van der Waals surface area contributed by atoms with Gasteiger partial charge in [-0.3, -0.25) is 0 Å². The van der Waals surface area contributed by atoms with Crippen molar-refractivity contribution < 1.29 is 0 Å². The fraction of sp³-hybridized carbons (Fsp3) is 0.692. The van der Waals surface area contributed by atoms with Crippen LogP contribution in [0.15, 0.2) is 6.07 Å². The Kier molecular flexibility index (Phi) is 4.87. The Morgan fingerprint density at radius 2 is 1.88 bits per heavy atom. The van der Waals surface area contributed by atoms with Crippen molar-refractivity contribution in [3.05, 3.63) is 23.3 Å². The zero-order valence-corrected chi connectivity index (χ0v) is 11.0. The van der Waals surface area contributed by atoms with Gasteiger partial charge in [0.05, 0.1) is 5.69 Å². The van der Waals surface area contributed by atoms with Crippen molar-refractivity contribution in [1.82, 2.24) is 15.3 Å². The van der Waals surface area contributed by atoms with Crippen molar-refractivity contribution >= 4 is 0 Å². The Bertz CT molecular complexity index is 332. The summed E-state index contributed by atoms with van der Waals surface area (Å²) in [7, 11) is 0. The SMILES string of the molecule is Cc1cc(CNC(C)C)nc(CC(C)C)n1. The summed E-state index contributed by atoms with van der Waals surface area (Å²) in [5.41, 5.74) is 2.16. The van der Waals surface area contributed by atoms with E-state index in [-0.39, 0.29) is 0 Å². The molecular formula is C13H23N3. The molecule has 0 saturated heterocycles. The first-order chi connectivity index (χ1) is 7.47. The molecule has 0 fully saturated rings. The number of rotatable bonds is 5. The van der Waals surface area contributed by atoms with Crippen molar-refractivity contribution in [2.24, 2.45) is 5.92 Å². The van der Waals surface area contributed by atoms with Gasteiger partial charge in [-0.2, -0.15) is 0 Å². The van der Waals surface area contributed by atoms with Gasteiger partial charge >= 0.3 is 0 Å². The summed E-state index contributed by atoms with van der Waals surface area (Å²) in [5, 5.41) is 3.38. The monoisotopic (exact) mass is 221 g/mol. The van der Waals surface area contributed by atoms with Gasteiger partial charge in [0.15, 0.2) is 0 Å². The molecule has 0 spiro atoms. The van der Waals surface area contributed by atoms with E-state index in [1.54, 1.807) is 0 Å². The Labute approximate surface area is 98.7 Å². The molecule has 0 radical (unpaired) electrons. The summed E-state index contributed by atoms with van der Waals surface area (Å²) in [4.78, 5) is 9.03. The van der Waals surface area contributed by atoms with E-state index in [1.807, 2.05) is 6.92 Å². The predicted molar refractivity (Wildman–Crippen MR) is 67.3 cm³/mol. The summed E-state index contributed by atoms with van der Waals surface area (Å²) in [6, 6.07) is 2.54. The van der Waals surface area contributed by atoms with Crippen LogP contribution < -0.4 is 5.32 Å². The lowest BCUT2D eigenvalue weighted by Crippen LogP contribution is -2.23. The summed E-state index contributed by atoms with van der Waals surface area (Å²) >= 11 is 0. The molecule has 0 aliphatic rings. The number of nitrogens with one attached hydrogen (secondary N) is 1. The zero-order chi connectivity index (χ0) is 12.1. The molecule has 0 amide bonds. The van der Waals surface area contributed by atoms with Crippen molar-refractivity contribution in [2.75, 3.05) is 0 Å². The summed E-state index contributed by atoms with van der Waals surface area (Å²) in [6.45, 7) is 11.5. The molecule has 0 saturated carbocycles. The Morgan fingerprint density at radius 3 is 2.44 bits per heavy atom. The average molecular weight is 221 g/mol. The second-order valence-corrected chi connectivity index (χ2v) is 5.05. The Morgan fingerprint density at radius 1 is 1.19 bits per heavy atom. The average Bonchev–Trinajstić information content (AvgIpc) is 2.12. The molecule has 0 aliphatic carbocycles. The molecule has 0 aromatic carbocycles. The van der Waals surface area contributed by atoms with Gasteiger partial charge in [0.25, 0.3) is 0 Å². The van der Waals surface area contributed by atoms with Crippen molar-refractivity contribution in [1.29, 1.82) is 0 Å². The molecule has 90 valence electrons. The number of hydrogen-bond acceptors (Lipinski definition) is 3. The third kappa shape index (κ3) is 4.71. The van der Waals surface area contributed by atoms with Gasteiger partial charge in [0.1, 0.15) is 5.82 Å². The lowest BCUT2D eigenvalue weighted by atomic mass is 10.1. The topological polar surface area (TPSA) is 37.8 Å². The minimum Gasteiger partial charge on any atom is -0.309 e. The second-order valence-electron chi connectivity index (χ2n) is 5.05. The first-order valence-electron chi connectivity index (χ1n) is 6.04. The first kappa shape index (κ1) is 13.1. The molecule has 0 bridgehead atoms. The highest BCUT2D eigenvalue weighted by Gasteiger charge is 2.05. The van der Waals surface area contributed by atoms with Crippen LogP contribution in [0.5, 0.6) is 0 Å². The van der Waals surface area contributed by atoms with Crippen LogP contribution in [0.1, 0.15) is 44.9 Å². The Balaban J connectivity index is 2.73. The minimum atomic E-state index is 0.490. The van der Waals surface area contributed by atoms with Crippen LogP contribution in [0.3, 0.4) is 0 Å². The maximum Gasteiger partial charge on any atom is 0.129 e. The van der Waals surface area contributed by atoms with Crippen molar-refractivity contribution in [3.8, 4) is 0 Å². The smallest absolute Gasteiger partial charge is 0.129 e. The van der Waals surface area contributed by atoms with Gasteiger partial charge in [-0.25, -0.2) is 9.97 Å². The van der Waals surface area contributed by atoms with E-state index in [4.69, 9.17) is 0 Å². The molecule has 3 heteroatoms. The number of aryl methyl sites for hydroxylation is 1. The van der Waals surface area contributed by atoms with Gasteiger partial charge in [-0.1, -0.05) is 27.7 Å². The highest BCUT2D eigenvalue weighted by atomic mass is 14.9. The normalized spacial score (nSPS) is 11.4. The van der Waals surface area contributed by atoms with Crippen LogP contribution in [0, 0.1) is 12.8 Å². The van der Waals surface area contributed by atoms with Crippen LogP contribution in [-0.4, -0.2) is 16.0 Å². The zero-order valence-electron chi connectivity index (χ0n) is 11.0. The third-order valence-corrected chi connectivity index (χ3v) is 2.24. The highest BCUT2D eigenvalue weighted by molar-refractivity contribution is 5.10. The first-order valence-corrected chi connectivity index (χ1v) is 6.04. The van der Waals surface area contributed by atoms with Crippen LogP contribution in [0.4, 0.5) is 0 Å². The number of aromatic nitrogens is 2. The van der Waals surface area contributed by atoms with Crippen LogP contribution in [0.25, 0.3) is 0 Å². The lowest BCUT2D eigenvalue weighted by Gasteiger charge is -2.10. The largest absolute Gasteiger partial charge is 0.309 e. The molecule has 3 nitrogen and oxygen atoms in total. The third-order valence-electron chi connectivity index (χ3n) is 2.24. The van der Waals surface area contributed by atoms with E-state index in [2.05, 4.69) is 49.0 Å². The lowest BCUT2D eigenvalue weighted by molar-refractivity contribution is 0.570. The van der Waals surface area contributed by atoms with E-state index >= 15 is 0 Å². The standard InChI is InChI=1S/C13H23N3/c1-9(2)6-13-15-11(5)7-12(16-13)8-14-10(3)4/h7,9-10,14H,6,8H2,1-5H3. The fourth-order valence-corrected chi connectivity index (χ4v) is 1.56. The molecule has 1 rings (SSSR count). The molecule has 0 atom stereocenters. The maximum absolute atomic E-state index is 4.57. The summed E-state index contributed by atoms with van der Waals surface area (Å²) in [5.74, 6) is 1.57. The molecule has 1 aromatic rings. The molecule has 0 aliphatic heterocycles. The van der Waals surface area contributed by atoms with E-state index < -0.39 is 0 Å². The summed E-state index contributed by atoms with van der Waals surface area (Å²) in [6.07, 6.45) is 0.955. The maximum atomic E-state index is 4.57. The molecular weight excluding hydrogens is 198 g/mol. The molecule has 0 unspecified atom stereocenters. The molecule has 1 heterocycles. The highest BCUT2D eigenvalue weighted by Crippen LogP contribution is 2.06. The van der Waals surface area contributed by atoms with Gasteiger partial charge in [0, 0.05) is 24.7 Å². The molecule has 1 aromatic heterocycles.